The minimum absolute atomic E-state index is 0.0367. The van der Waals surface area contributed by atoms with Gasteiger partial charge in [-0.25, -0.2) is 0 Å². The zero-order valence-corrected chi connectivity index (χ0v) is 14.3. The molecule has 1 aromatic carbocycles. The molecule has 2 aliphatic carbocycles. The van der Waals surface area contributed by atoms with Crippen molar-refractivity contribution in [3.63, 3.8) is 0 Å². The minimum Gasteiger partial charge on any atom is -0.545 e. The lowest BCUT2D eigenvalue weighted by Gasteiger charge is -2.30. The molecule has 0 aliphatic heterocycles. The van der Waals surface area contributed by atoms with Crippen LogP contribution in [0.4, 0.5) is 5.69 Å². The normalized spacial score (nSPS) is 26.0. The summed E-state index contributed by atoms with van der Waals surface area (Å²) in [7, 11) is 0. The number of benzene rings is 1. The molecule has 0 spiro atoms. The molecule has 0 heterocycles. The van der Waals surface area contributed by atoms with Crippen LogP contribution < -0.4 is 9.84 Å². The molecule has 4 unspecified atom stereocenters. The maximum Gasteiger partial charge on any atom is 0.311 e. The summed E-state index contributed by atoms with van der Waals surface area (Å²) in [6.45, 7) is 3.82. The monoisotopic (exact) mass is 348 g/mol. The molecule has 0 aromatic heterocycles. The van der Waals surface area contributed by atoms with Crippen LogP contribution in [0.25, 0.3) is 0 Å². The number of carboxylic acid groups (broad SMARTS) is 1. The second-order valence-electron chi connectivity index (χ2n) is 7.31. The maximum atomic E-state index is 11.2. The standard InChI is InChI=1S/C18H23NO6/c1-10(2)18(24-15-8-11-3-4-12(15)7-11)25-16-9-13(17(20)21)5-6-14(16)19(22)23/h5-6,9-12,15,18H,3-4,7-8H2,1-2H3,(H,20,21)/p-1. The van der Waals surface area contributed by atoms with Crippen LogP contribution in [0, 0.1) is 27.9 Å². The van der Waals surface area contributed by atoms with Gasteiger partial charge in [-0.1, -0.05) is 13.8 Å². The third kappa shape index (κ3) is 3.76. The molecule has 3 rings (SSSR count). The molecule has 2 fully saturated rings. The van der Waals surface area contributed by atoms with Crippen molar-refractivity contribution in [1.82, 2.24) is 0 Å². The maximum absolute atomic E-state index is 11.2. The number of hydrogen-bond acceptors (Lipinski definition) is 6. The van der Waals surface area contributed by atoms with Crippen molar-refractivity contribution in [2.45, 2.75) is 51.9 Å². The van der Waals surface area contributed by atoms with Crippen LogP contribution in [0.15, 0.2) is 18.2 Å². The van der Waals surface area contributed by atoms with Gasteiger partial charge in [-0.3, -0.25) is 10.1 Å². The van der Waals surface area contributed by atoms with E-state index in [4.69, 9.17) is 9.47 Å². The van der Waals surface area contributed by atoms with E-state index in [0.29, 0.717) is 11.8 Å². The van der Waals surface area contributed by atoms with Crippen LogP contribution in [0.2, 0.25) is 0 Å². The van der Waals surface area contributed by atoms with Gasteiger partial charge in [0.1, 0.15) is 0 Å². The largest absolute Gasteiger partial charge is 0.545 e. The summed E-state index contributed by atoms with van der Waals surface area (Å²) in [4.78, 5) is 21.7. The highest BCUT2D eigenvalue weighted by atomic mass is 16.7. The number of rotatable bonds is 7. The van der Waals surface area contributed by atoms with Gasteiger partial charge in [0.2, 0.25) is 12.0 Å². The van der Waals surface area contributed by atoms with Crippen LogP contribution in [-0.4, -0.2) is 23.3 Å². The Labute approximate surface area is 146 Å². The van der Waals surface area contributed by atoms with Gasteiger partial charge in [0.05, 0.1) is 17.0 Å². The lowest BCUT2D eigenvalue weighted by Crippen LogP contribution is -2.34. The van der Waals surface area contributed by atoms with E-state index in [1.54, 1.807) is 0 Å². The molecule has 0 N–H and O–H groups in total. The van der Waals surface area contributed by atoms with Crippen molar-refractivity contribution in [1.29, 1.82) is 0 Å². The molecule has 25 heavy (non-hydrogen) atoms. The third-order valence-corrected chi connectivity index (χ3v) is 5.16. The molecule has 0 saturated heterocycles. The van der Waals surface area contributed by atoms with Crippen LogP contribution >= 0.6 is 0 Å². The average molecular weight is 348 g/mol. The predicted molar refractivity (Wildman–Crippen MR) is 87.0 cm³/mol. The average Bonchev–Trinajstić information content (AvgIpc) is 3.16. The first kappa shape index (κ1) is 17.7. The van der Waals surface area contributed by atoms with Gasteiger partial charge in [-0.15, -0.1) is 0 Å². The summed E-state index contributed by atoms with van der Waals surface area (Å²) in [6, 6.07) is 3.39. The van der Waals surface area contributed by atoms with Gasteiger partial charge < -0.3 is 19.4 Å². The smallest absolute Gasteiger partial charge is 0.311 e. The zero-order chi connectivity index (χ0) is 18.1. The molecular formula is C18H22NO6-. The third-order valence-electron chi connectivity index (χ3n) is 5.16. The molecule has 0 radical (unpaired) electrons. The Bertz CT molecular complexity index is 674. The van der Waals surface area contributed by atoms with Crippen molar-refractivity contribution in [3.8, 4) is 5.75 Å². The van der Waals surface area contributed by atoms with E-state index in [2.05, 4.69) is 0 Å². The van der Waals surface area contributed by atoms with Gasteiger partial charge in [-0.05, 0) is 49.7 Å². The van der Waals surface area contributed by atoms with Crippen molar-refractivity contribution in [3.05, 3.63) is 33.9 Å². The highest BCUT2D eigenvalue weighted by molar-refractivity contribution is 5.87. The number of nitro groups is 1. The fraction of sp³-hybridized carbons (Fsp3) is 0.611. The number of fused-ring (bicyclic) bond motifs is 2. The topological polar surface area (TPSA) is 102 Å². The minimum atomic E-state index is -1.41. The van der Waals surface area contributed by atoms with Crippen molar-refractivity contribution < 1.29 is 24.3 Å². The van der Waals surface area contributed by atoms with Crippen LogP contribution in [0.5, 0.6) is 5.75 Å². The second-order valence-corrected chi connectivity index (χ2v) is 7.31. The van der Waals surface area contributed by atoms with E-state index in [1.165, 1.54) is 12.8 Å². The molecule has 7 nitrogen and oxygen atoms in total. The molecule has 136 valence electrons. The van der Waals surface area contributed by atoms with Gasteiger partial charge in [0.15, 0.2) is 0 Å². The number of aromatic carboxylic acids is 1. The summed E-state index contributed by atoms with van der Waals surface area (Å²) in [5.74, 6) is -0.313. The van der Waals surface area contributed by atoms with Crippen molar-refractivity contribution in [2.24, 2.45) is 17.8 Å². The lowest BCUT2D eigenvalue weighted by molar-refractivity contribution is -0.386. The number of nitro benzene ring substituents is 1. The Morgan fingerprint density at radius 3 is 2.56 bits per heavy atom. The van der Waals surface area contributed by atoms with E-state index >= 15 is 0 Å². The Morgan fingerprint density at radius 2 is 2.04 bits per heavy atom. The summed E-state index contributed by atoms with van der Waals surface area (Å²) in [6.07, 6.45) is 4.01. The fourth-order valence-electron chi connectivity index (χ4n) is 3.86. The molecule has 2 saturated carbocycles. The van der Waals surface area contributed by atoms with Gasteiger partial charge in [0.25, 0.3) is 0 Å². The van der Waals surface area contributed by atoms with Crippen molar-refractivity contribution >= 4 is 11.7 Å². The lowest BCUT2D eigenvalue weighted by atomic mass is 9.97. The van der Waals surface area contributed by atoms with E-state index in [0.717, 1.165) is 31.0 Å². The molecule has 2 aliphatic rings. The summed E-state index contributed by atoms with van der Waals surface area (Å²) >= 11 is 0. The summed E-state index contributed by atoms with van der Waals surface area (Å²) < 4.78 is 11.9. The molecule has 1 aromatic rings. The van der Waals surface area contributed by atoms with E-state index < -0.39 is 17.2 Å². The summed E-state index contributed by atoms with van der Waals surface area (Å²) in [5.41, 5.74) is -0.449. The number of carboxylic acids is 1. The summed E-state index contributed by atoms with van der Waals surface area (Å²) in [5, 5.41) is 22.3. The number of carbonyl (C=O) groups is 1. The quantitative estimate of drug-likeness (QED) is 0.426. The number of nitrogens with zero attached hydrogens (tertiary/aromatic N) is 1. The zero-order valence-electron chi connectivity index (χ0n) is 14.3. The van der Waals surface area contributed by atoms with E-state index in [9.17, 15) is 20.0 Å². The Morgan fingerprint density at radius 1 is 1.28 bits per heavy atom. The predicted octanol–water partition coefficient (Wildman–Crippen LogP) is 2.52. The van der Waals surface area contributed by atoms with E-state index in [-0.39, 0.29) is 29.0 Å². The number of ether oxygens (including phenoxy) is 2. The molecule has 7 heteroatoms. The molecular weight excluding hydrogens is 326 g/mol. The first-order valence-corrected chi connectivity index (χ1v) is 8.67. The Kier molecular flexibility index (Phi) is 4.94. The molecule has 2 bridgehead atoms. The number of carbonyl (C=O) groups excluding carboxylic acids is 1. The molecule has 0 amide bonds. The highest BCUT2D eigenvalue weighted by Gasteiger charge is 2.42. The Balaban J connectivity index is 1.80. The fourth-order valence-corrected chi connectivity index (χ4v) is 3.86. The van der Waals surface area contributed by atoms with Crippen LogP contribution in [-0.2, 0) is 4.74 Å². The first-order chi connectivity index (χ1) is 11.8. The van der Waals surface area contributed by atoms with Gasteiger partial charge >= 0.3 is 5.69 Å². The second kappa shape index (κ2) is 7.00. The number of hydrogen-bond donors (Lipinski definition) is 0. The Hall–Kier alpha value is -2.15. The SMILES string of the molecule is CC(C)C(Oc1cc(C(=O)[O-])ccc1[N+](=O)[O-])OC1CC2CCC1C2. The highest BCUT2D eigenvalue weighted by Crippen LogP contribution is 2.46. The van der Waals surface area contributed by atoms with Gasteiger partial charge in [0, 0.05) is 17.5 Å². The molecule has 4 atom stereocenters. The first-order valence-electron chi connectivity index (χ1n) is 8.67. The van der Waals surface area contributed by atoms with Crippen LogP contribution in [0.3, 0.4) is 0 Å². The van der Waals surface area contributed by atoms with Gasteiger partial charge in [-0.2, -0.15) is 0 Å². The van der Waals surface area contributed by atoms with E-state index in [1.807, 2.05) is 13.8 Å². The van der Waals surface area contributed by atoms with Crippen molar-refractivity contribution in [2.75, 3.05) is 0 Å². The van der Waals surface area contributed by atoms with Crippen LogP contribution in [0.1, 0.15) is 49.9 Å².